The van der Waals surface area contributed by atoms with Crippen LogP contribution in [-0.4, -0.2) is 30.1 Å². The summed E-state index contributed by atoms with van der Waals surface area (Å²) in [5.41, 5.74) is 2.04. The van der Waals surface area contributed by atoms with Crippen molar-refractivity contribution in [2.24, 2.45) is 0 Å². The van der Waals surface area contributed by atoms with Gasteiger partial charge >= 0.3 is 0 Å². The quantitative estimate of drug-likeness (QED) is 0.282. The number of halogens is 1. The highest BCUT2D eigenvalue weighted by Gasteiger charge is 2.35. The van der Waals surface area contributed by atoms with Gasteiger partial charge in [-0.25, -0.2) is 4.39 Å². The van der Waals surface area contributed by atoms with Crippen molar-refractivity contribution in [1.82, 2.24) is 4.90 Å². The van der Waals surface area contributed by atoms with Crippen molar-refractivity contribution in [3.8, 4) is 29.1 Å². The number of hydrogen-bond acceptors (Lipinski definition) is 7. The van der Waals surface area contributed by atoms with Gasteiger partial charge < -0.3 is 18.9 Å². The van der Waals surface area contributed by atoms with Crippen molar-refractivity contribution >= 4 is 17.9 Å². The van der Waals surface area contributed by atoms with Crippen LogP contribution in [0.25, 0.3) is 6.08 Å². The number of rotatable bonds is 8. The zero-order valence-corrected chi connectivity index (χ0v) is 21.9. The van der Waals surface area contributed by atoms with Crippen LogP contribution in [0.4, 0.5) is 4.39 Å². The molecule has 2 aliphatic rings. The van der Waals surface area contributed by atoms with E-state index in [1.54, 1.807) is 67.6 Å². The molecule has 2 aliphatic heterocycles. The molecule has 0 bridgehead atoms. The lowest BCUT2D eigenvalue weighted by Gasteiger charge is -2.27. The number of amides is 2. The Labute approximate surface area is 230 Å². The number of carbonyl (C=O) groups is 2. The first-order valence-corrected chi connectivity index (χ1v) is 12.6. The first kappa shape index (κ1) is 26.5. The molecule has 2 heterocycles. The van der Waals surface area contributed by atoms with Gasteiger partial charge in [-0.3, -0.25) is 14.5 Å². The maximum absolute atomic E-state index is 14.0. The van der Waals surface area contributed by atoms with Crippen molar-refractivity contribution in [1.29, 1.82) is 5.26 Å². The van der Waals surface area contributed by atoms with Crippen molar-refractivity contribution in [3.63, 3.8) is 0 Å². The van der Waals surface area contributed by atoms with E-state index in [0.717, 1.165) is 4.90 Å². The van der Waals surface area contributed by atoms with Crippen LogP contribution in [0, 0.1) is 17.1 Å². The maximum Gasteiger partial charge on any atom is 0.271 e. The van der Waals surface area contributed by atoms with Crippen LogP contribution < -0.4 is 18.9 Å². The fraction of sp³-hybridized carbons (Fsp3) is 0.194. The summed E-state index contributed by atoms with van der Waals surface area (Å²) in [6.45, 7) is 3.82. The molecule has 0 radical (unpaired) electrons. The summed E-state index contributed by atoms with van der Waals surface area (Å²) in [6, 6.07) is 18.5. The van der Waals surface area contributed by atoms with Crippen molar-refractivity contribution in [2.45, 2.75) is 27.0 Å². The number of benzene rings is 3. The molecule has 0 aromatic heterocycles. The van der Waals surface area contributed by atoms with Crippen molar-refractivity contribution in [3.05, 3.63) is 99.9 Å². The number of nitriles is 1. The lowest BCUT2D eigenvalue weighted by Crippen LogP contribution is -2.42. The van der Waals surface area contributed by atoms with E-state index in [-0.39, 0.29) is 42.5 Å². The molecular weight excluding hydrogens is 515 g/mol. The molecule has 0 N–H and O–H groups in total. The maximum atomic E-state index is 14.0. The Morgan fingerprint density at radius 3 is 2.58 bits per heavy atom. The summed E-state index contributed by atoms with van der Waals surface area (Å²) in [5, 5.41) is 9.74. The van der Waals surface area contributed by atoms with Gasteiger partial charge in [0.2, 0.25) is 6.79 Å². The fourth-order valence-corrected chi connectivity index (χ4v) is 4.43. The van der Waals surface area contributed by atoms with Gasteiger partial charge in [0.25, 0.3) is 11.8 Å². The van der Waals surface area contributed by atoms with E-state index in [9.17, 15) is 19.2 Å². The van der Waals surface area contributed by atoms with Gasteiger partial charge in [0.05, 0.1) is 13.2 Å². The van der Waals surface area contributed by atoms with Crippen LogP contribution in [-0.2, 0) is 22.7 Å². The van der Waals surface area contributed by atoms with Crippen LogP contribution in [0.5, 0.6) is 23.0 Å². The molecule has 2 amide bonds. The zero-order chi connectivity index (χ0) is 28.2. The molecule has 3 aromatic rings. The van der Waals surface area contributed by atoms with E-state index in [1.807, 2.05) is 13.0 Å². The van der Waals surface area contributed by atoms with Gasteiger partial charge in [0.1, 0.15) is 24.1 Å². The molecule has 0 spiro atoms. The smallest absolute Gasteiger partial charge is 0.271 e. The van der Waals surface area contributed by atoms with Crippen molar-refractivity contribution < 1.29 is 32.9 Å². The van der Waals surface area contributed by atoms with E-state index >= 15 is 0 Å². The SMILES string of the molecule is CCOc1cc(/C=C2/C(=O)N(Cc3ccc4c(c3)OCO4)C(=O)C(C#N)=C2C)ccc1OCc1ccccc1F. The van der Waals surface area contributed by atoms with E-state index < -0.39 is 11.8 Å². The molecule has 3 aromatic carbocycles. The number of nitrogens with zero attached hydrogens (tertiary/aromatic N) is 2. The lowest BCUT2D eigenvalue weighted by atomic mass is 9.93. The van der Waals surface area contributed by atoms with E-state index in [2.05, 4.69) is 0 Å². The van der Waals surface area contributed by atoms with Gasteiger partial charge in [-0.15, -0.1) is 0 Å². The van der Waals surface area contributed by atoms with Gasteiger partial charge in [-0.1, -0.05) is 30.3 Å². The highest BCUT2D eigenvalue weighted by atomic mass is 19.1. The largest absolute Gasteiger partial charge is 0.490 e. The average Bonchev–Trinajstić information content (AvgIpc) is 3.42. The highest BCUT2D eigenvalue weighted by Crippen LogP contribution is 2.35. The third-order valence-corrected chi connectivity index (χ3v) is 6.52. The minimum atomic E-state index is -0.660. The summed E-state index contributed by atoms with van der Waals surface area (Å²) < 4.78 is 36.4. The Bertz CT molecular complexity index is 1600. The average molecular weight is 541 g/mol. The monoisotopic (exact) mass is 540 g/mol. The third-order valence-electron chi connectivity index (χ3n) is 6.52. The topological polar surface area (TPSA) is 98.1 Å². The summed E-state index contributed by atoms with van der Waals surface area (Å²) in [6.07, 6.45) is 1.61. The predicted molar refractivity (Wildman–Crippen MR) is 143 cm³/mol. The predicted octanol–water partition coefficient (Wildman–Crippen LogP) is 5.32. The summed E-state index contributed by atoms with van der Waals surface area (Å²) in [7, 11) is 0. The Kier molecular flexibility index (Phi) is 7.51. The summed E-state index contributed by atoms with van der Waals surface area (Å²) in [4.78, 5) is 27.7. The second-order valence-electron chi connectivity index (χ2n) is 9.07. The second kappa shape index (κ2) is 11.3. The van der Waals surface area contributed by atoms with Gasteiger partial charge in [0, 0.05) is 11.1 Å². The normalized spacial score (nSPS) is 15.4. The van der Waals surface area contributed by atoms with E-state index in [4.69, 9.17) is 18.9 Å². The van der Waals surface area contributed by atoms with Crippen molar-refractivity contribution in [2.75, 3.05) is 13.4 Å². The Balaban J connectivity index is 1.44. The molecule has 5 rings (SSSR count). The molecule has 0 atom stereocenters. The number of hydrogen-bond donors (Lipinski definition) is 0. The molecule has 0 saturated heterocycles. The lowest BCUT2D eigenvalue weighted by molar-refractivity contribution is -0.141. The Hall–Kier alpha value is -5.10. The van der Waals surface area contributed by atoms with Crippen LogP contribution >= 0.6 is 0 Å². The number of imide groups is 1. The molecule has 8 nitrogen and oxygen atoms in total. The van der Waals surface area contributed by atoms with E-state index in [0.29, 0.717) is 46.3 Å². The summed E-state index contributed by atoms with van der Waals surface area (Å²) >= 11 is 0. The molecule has 0 fully saturated rings. The van der Waals surface area contributed by atoms with Gasteiger partial charge in [-0.2, -0.15) is 5.26 Å². The van der Waals surface area contributed by atoms with Crippen LogP contribution in [0.1, 0.15) is 30.5 Å². The number of fused-ring (bicyclic) bond motifs is 1. The molecular formula is C31H25FN2O6. The third kappa shape index (κ3) is 5.24. The fourth-order valence-electron chi connectivity index (χ4n) is 4.43. The molecule has 0 saturated carbocycles. The van der Waals surface area contributed by atoms with Crippen LogP contribution in [0.2, 0.25) is 0 Å². The number of ether oxygens (including phenoxy) is 4. The molecule has 202 valence electrons. The zero-order valence-electron chi connectivity index (χ0n) is 21.9. The first-order chi connectivity index (χ1) is 19.4. The standard InChI is InChI=1S/C31H25FN2O6/c1-3-37-28-13-20(8-10-26(28)38-17-22-6-4-5-7-25(22)32)12-23-19(2)24(15-33)31(36)34(30(23)35)16-21-9-11-27-29(14-21)40-18-39-27/h4-14H,3,16-18H2,1-2H3/b23-12+. The van der Waals surface area contributed by atoms with Crippen LogP contribution in [0.15, 0.2) is 77.4 Å². The Morgan fingerprint density at radius 2 is 1.80 bits per heavy atom. The minimum Gasteiger partial charge on any atom is -0.490 e. The Morgan fingerprint density at radius 1 is 1.00 bits per heavy atom. The van der Waals surface area contributed by atoms with Crippen LogP contribution in [0.3, 0.4) is 0 Å². The first-order valence-electron chi connectivity index (χ1n) is 12.6. The molecule has 0 aliphatic carbocycles. The number of carbonyl (C=O) groups excluding carboxylic acids is 2. The van der Waals surface area contributed by atoms with E-state index in [1.165, 1.54) is 6.07 Å². The molecule has 9 heteroatoms. The van der Waals surface area contributed by atoms with Gasteiger partial charge in [-0.05, 0) is 67.0 Å². The highest BCUT2D eigenvalue weighted by molar-refractivity contribution is 6.19. The summed E-state index contributed by atoms with van der Waals surface area (Å²) in [5.74, 6) is 0.370. The molecule has 40 heavy (non-hydrogen) atoms. The van der Waals surface area contributed by atoms with Gasteiger partial charge in [0.15, 0.2) is 23.0 Å². The second-order valence-corrected chi connectivity index (χ2v) is 9.07. The minimum absolute atomic E-state index is 0.00990. The molecule has 0 unspecified atom stereocenters.